The van der Waals surface area contributed by atoms with Crippen LogP contribution in [0.2, 0.25) is 10.0 Å². The number of carbonyl (C=O) groups excluding carboxylic acids is 1. The molecule has 6 heteroatoms. The smallest absolute Gasteiger partial charge is 0.255 e. The Kier molecular flexibility index (Phi) is 4.66. The number of aromatic nitrogens is 1. The van der Waals surface area contributed by atoms with Gasteiger partial charge in [0, 0.05) is 16.1 Å². The van der Waals surface area contributed by atoms with Gasteiger partial charge in [-0.05, 0) is 59.3 Å². The third kappa shape index (κ3) is 3.52. The van der Waals surface area contributed by atoms with E-state index in [9.17, 15) is 4.79 Å². The van der Waals surface area contributed by atoms with Gasteiger partial charge in [-0.2, -0.15) is 0 Å². The third-order valence-electron chi connectivity index (χ3n) is 4.82. The Morgan fingerprint density at radius 1 is 0.867 bits per heavy atom. The highest BCUT2D eigenvalue weighted by atomic mass is 35.5. The summed E-state index contributed by atoms with van der Waals surface area (Å²) in [6.45, 7) is 0. The lowest BCUT2D eigenvalue weighted by Crippen LogP contribution is -2.12. The fourth-order valence-electron chi connectivity index (χ4n) is 3.30. The third-order valence-corrected chi connectivity index (χ3v) is 5.39. The predicted octanol–water partition coefficient (Wildman–Crippen LogP) is 7.21. The number of hydrogen-bond donors (Lipinski definition) is 1. The van der Waals surface area contributed by atoms with Crippen LogP contribution in [0.15, 0.2) is 83.3 Å². The second kappa shape index (κ2) is 7.48. The molecule has 0 saturated carbocycles. The maximum Gasteiger partial charge on any atom is 0.255 e. The molecule has 30 heavy (non-hydrogen) atoms. The molecule has 1 heterocycles. The minimum atomic E-state index is -0.246. The van der Waals surface area contributed by atoms with Crippen LogP contribution in [0.25, 0.3) is 33.3 Å². The van der Waals surface area contributed by atoms with Crippen LogP contribution in [-0.4, -0.2) is 10.9 Å². The van der Waals surface area contributed by atoms with Gasteiger partial charge in [0.05, 0.1) is 10.7 Å². The first-order chi connectivity index (χ1) is 14.6. The maximum absolute atomic E-state index is 12.8. The van der Waals surface area contributed by atoms with E-state index in [1.165, 1.54) is 0 Å². The summed E-state index contributed by atoms with van der Waals surface area (Å²) in [5.74, 6) is 0.175. The van der Waals surface area contributed by atoms with Gasteiger partial charge >= 0.3 is 0 Å². The number of rotatable bonds is 3. The largest absolute Gasteiger partial charge is 0.436 e. The lowest BCUT2D eigenvalue weighted by molar-refractivity contribution is 0.102. The maximum atomic E-state index is 12.8. The number of carbonyl (C=O) groups is 1. The summed E-state index contributed by atoms with van der Waals surface area (Å²) in [4.78, 5) is 17.3. The summed E-state index contributed by atoms with van der Waals surface area (Å²) in [5, 5.41) is 5.96. The molecule has 1 amide bonds. The molecule has 0 aliphatic heterocycles. The van der Waals surface area contributed by atoms with E-state index in [4.69, 9.17) is 27.6 Å². The van der Waals surface area contributed by atoms with Crippen molar-refractivity contribution in [3.8, 4) is 11.5 Å². The van der Waals surface area contributed by atoms with E-state index in [1.807, 2.05) is 36.4 Å². The normalized spacial score (nSPS) is 11.1. The molecule has 0 spiro atoms. The molecule has 0 bridgehead atoms. The molecule has 0 unspecified atom stereocenters. The van der Waals surface area contributed by atoms with Gasteiger partial charge in [0.2, 0.25) is 5.89 Å². The molecular formula is C24H14Cl2N2O2. The van der Waals surface area contributed by atoms with Crippen LogP contribution in [0.1, 0.15) is 10.4 Å². The molecular weight excluding hydrogens is 419 g/mol. The number of nitrogens with one attached hydrogen (secondary N) is 1. The molecule has 0 radical (unpaired) electrons. The number of oxazole rings is 1. The number of halogens is 2. The molecule has 0 atom stereocenters. The summed E-state index contributed by atoms with van der Waals surface area (Å²) in [6.07, 6.45) is 0. The zero-order valence-electron chi connectivity index (χ0n) is 15.5. The molecule has 0 fully saturated rings. The SMILES string of the molecule is O=C(Nc1cc(-c2nc3cc(Cl)ccc3o2)ccc1Cl)c1ccc2ccccc2c1. The van der Waals surface area contributed by atoms with E-state index < -0.39 is 0 Å². The second-order valence-electron chi connectivity index (χ2n) is 6.84. The molecule has 4 nitrogen and oxygen atoms in total. The van der Waals surface area contributed by atoms with Crippen LogP contribution in [0.5, 0.6) is 0 Å². The van der Waals surface area contributed by atoms with Crippen LogP contribution in [0.4, 0.5) is 5.69 Å². The summed E-state index contributed by atoms with van der Waals surface area (Å²) >= 11 is 12.4. The average Bonchev–Trinajstić information content (AvgIpc) is 3.18. The second-order valence-corrected chi connectivity index (χ2v) is 7.69. The van der Waals surface area contributed by atoms with Crippen molar-refractivity contribution in [3.05, 3.63) is 94.5 Å². The van der Waals surface area contributed by atoms with Gasteiger partial charge in [0.15, 0.2) is 5.58 Å². The zero-order chi connectivity index (χ0) is 20.7. The highest BCUT2D eigenvalue weighted by Gasteiger charge is 2.14. The molecule has 0 saturated heterocycles. The van der Waals surface area contributed by atoms with Gasteiger partial charge in [0.25, 0.3) is 5.91 Å². The van der Waals surface area contributed by atoms with E-state index in [0.29, 0.717) is 43.9 Å². The summed E-state index contributed by atoms with van der Waals surface area (Å²) in [6, 6.07) is 23.9. The molecule has 0 aliphatic rings. The molecule has 1 N–H and O–H groups in total. The fourth-order valence-corrected chi connectivity index (χ4v) is 3.63. The monoisotopic (exact) mass is 432 g/mol. The summed E-state index contributed by atoms with van der Waals surface area (Å²) in [7, 11) is 0. The van der Waals surface area contributed by atoms with Crippen LogP contribution in [0, 0.1) is 0 Å². The first-order valence-corrected chi connectivity index (χ1v) is 9.98. The number of amides is 1. The Labute approximate surface area is 182 Å². The minimum absolute atomic E-state index is 0.246. The highest BCUT2D eigenvalue weighted by molar-refractivity contribution is 6.34. The Balaban J connectivity index is 1.47. The first-order valence-electron chi connectivity index (χ1n) is 9.23. The van der Waals surface area contributed by atoms with Crippen molar-refractivity contribution in [1.82, 2.24) is 4.98 Å². The van der Waals surface area contributed by atoms with Crippen molar-refractivity contribution in [3.63, 3.8) is 0 Å². The Morgan fingerprint density at radius 3 is 2.57 bits per heavy atom. The number of anilines is 1. The first kappa shape index (κ1) is 18.7. The topological polar surface area (TPSA) is 55.1 Å². The Morgan fingerprint density at radius 2 is 1.70 bits per heavy atom. The summed E-state index contributed by atoms with van der Waals surface area (Å²) in [5.41, 5.74) is 3.01. The van der Waals surface area contributed by atoms with Crippen molar-refractivity contribution in [2.24, 2.45) is 0 Å². The van der Waals surface area contributed by atoms with Gasteiger partial charge in [-0.15, -0.1) is 0 Å². The van der Waals surface area contributed by atoms with Crippen LogP contribution < -0.4 is 5.32 Å². The summed E-state index contributed by atoms with van der Waals surface area (Å²) < 4.78 is 5.82. The number of fused-ring (bicyclic) bond motifs is 2. The van der Waals surface area contributed by atoms with Crippen LogP contribution in [0.3, 0.4) is 0 Å². The molecule has 4 aromatic carbocycles. The van der Waals surface area contributed by atoms with Gasteiger partial charge in [-0.1, -0.05) is 53.5 Å². The quantitative estimate of drug-likeness (QED) is 0.327. The fraction of sp³-hybridized carbons (Fsp3) is 0. The Bertz CT molecular complexity index is 1430. The molecule has 0 aliphatic carbocycles. The van der Waals surface area contributed by atoms with Crippen molar-refractivity contribution < 1.29 is 9.21 Å². The van der Waals surface area contributed by atoms with Gasteiger partial charge in [-0.25, -0.2) is 4.98 Å². The van der Waals surface area contributed by atoms with E-state index in [0.717, 1.165) is 10.8 Å². The lowest BCUT2D eigenvalue weighted by Gasteiger charge is -2.09. The average molecular weight is 433 g/mol. The van der Waals surface area contributed by atoms with Gasteiger partial charge in [-0.3, -0.25) is 4.79 Å². The predicted molar refractivity (Wildman–Crippen MR) is 121 cm³/mol. The minimum Gasteiger partial charge on any atom is -0.436 e. The van der Waals surface area contributed by atoms with Gasteiger partial charge in [0.1, 0.15) is 5.52 Å². The molecule has 1 aromatic heterocycles. The van der Waals surface area contributed by atoms with Gasteiger partial charge < -0.3 is 9.73 Å². The van der Waals surface area contributed by atoms with Crippen LogP contribution in [-0.2, 0) is 0 Å². The lowest BCUT2D eigenvalue weighted by atomic mass is 10.1. The van der Waals surface area contributed by atoms with Crippen molar-refractivity contribution in [2.45, 2.75) is 0 Å². The number of hydrogen-bond acceptors (Lipinski definition) is 3. The molecule has 5 aromatic rings. The van der Waals surface area contributed by atoms with E-state index >= 15 is 0 Å². The zero-order valence-corrected chi connectivity index (χ0v) is 17.0. The van der Waals surface area contributed by atoms with Crippen molar-refractivity contribution in [1.29, 1.82) is 0 Å². The Hall–Kier alpha value is -3.34. The highest BCUT2D eigenvalue weighted by Crippen LogP contribution is 2.31. The standard InChI is InChI=1S/C24H14Cl2N2O2/c25-18-8-10-22-21(13-18)28-24(30-22)17-7-9-19(26)20(12-17)27-23(29)16-6-5-14-3-1-2-4-15(14)11-16/h1-13H,(H,27,29). The van der Waals surface area contributed by atoms with Crippen LogP contribution >= 0.6 is 23.2 Å². The molecule has 146 valence electrons. The number of nitrogens with zero attached hydrogens (tertiary/aromatic N) is 1. The van der Waals surface area contributed by atoms with E-state index in [2.05, 4.69) is 10.3 Å². The molecule has 5 rings (SSSR count). The van der Waals surface area contributed by atoms with E-state index in [-0.39, 0.29) is 5.91 Å². The van der Waals surface area contributed by atoms with Crippen molar-refractivity contribution in [2.75, 3.05) is 5.32 Å². The van der Waals surface area contributed by atoms with Crippen molar-refractivity contribution >= 4 is 56.7 Å². The number of benzene rings is 4. The van der Waals surface area contributed by atoms with E-state index in [1.54, 1.807) is 42.5 Å².